The maximum Gasteiger partial charge on any atom is 0.234 e. The van der Waals surface area contributed by atoms with E-state index >= 15 is 0 Å². The molecular weight excluding hydrogens is 316 g/mol. The Hall–Kier alpha value is -2.34. The van der Waals surface area contributed by atoms with Crippen LogP contribution in [0.1, 0.15) is 26.7 Å². The van der Waals surface area contributed by atoms with Gasteiger partial charge in [0.15, 0.2) is 0 Å². The molecule has 6 nitrogen and oxygen atoms in total. The first-order valence-corrected chi connectivity index (χ1v) is 8.81. The highest BCUT2D eigenvalue weighted by atomic mass is 16.5. The summed E-state index contributed by atoms with van der Waals surface area (Å²) in [6, 6.07) is 7.97. The average Bonchev–Trinajstić information content (AvgIpc) is 3.25. The molecule has 1 aliphatic heterocycles. The number of amides is 1. The summed E-state index contributed by atoms with van der Waals surface area (Å²) in [6.45, 7) is 6.01. The minimum absolute atomic E-state index is 0.00218. The quantitative estimate of drug-likeness (QED) is 0.810. The molecule has 6 heteroatoms. The maximum absolute atomic E-state index is 12.0. The predicted molar refractivity (Wildman–Crippen MR) is 96.9 cm³/mol. The Bertz CT molecular complexity index is 722. The normalized spacial score (nSPS) is 16.0. The smallest absolute Gasteiger partial charge is 0.234 e. The number of carbonyl (C=O) groups excluding carboxylic acids is 1. The molecule has 0 spiro atoms. The highest BCUT2D eigenvalue weighted by Crippen LogP contribution is 2.24. The molecule has 0 saturated carbocycles. The van der Waals surface area contributed by atoms with Gasteiger partial charge in [0.2, 0.25) is 5.91 Å². The maximum atomic E-state index is 12.0. The molecule has 0 N–H and O–H groups in total. The van der Waals surface area contributed by atoms with E-state index in [9.17, 15) is 4.79 Å². The van der Waals surface area contributed by atoms with Crippen LogP contribution < -0.4 is 4.74 Å². The summed E-state index contributed by atoms with van der Waals surface area (Å²) in [6.07, 6.45) is 6.11. The lowest BCUT2D eigenvalue weighted by atomic mass is 10.1. The molecule has 25 heavy (non-hydrogen) atoms. The highest BCUT2D eigenvalue weighted by Gasteiger charge is 2.26. The van der Waals surface area contributed by atoms with Gasteiger partial charge >= 0.3 is 0 Å². The number of benzene rings is 1. The molecule has 0 radical (unpaired) electrons. The summed E-state index contributed by atoms with van der Waals surface area (Å²) in [5, 5.41) is 8.20. The number of carbonyl (C=O) groups is 1. The van der Waals surface area contributed by atoms with Crippen LogP contribution in [0.5, 0.6) is 5.75 Å². The van der Waals surface area contributed by atoms with E-state index in [0.717, 1.165) is 42.8 Å². The molecule has 1 atom stereocenters. The van der Waals surface area contributed by atoms with Crippen LogP contribution in [0.3, 0.4) is 0 Å². The summed E-state index contributed by atoms with van der Waals surface area (Å²) in [5.41, 5.74) is 2.13. The van der Waals surface area contributed by atoms with E-state index in [2.05, 4.69) is 10.1 Å². The zero-order valence-electron chi connectivity index (χ0n) is 15.2. The van der Waals surface area contributed by atoms with Crippen LogP contribution in [0.2, 0.25) is 0 Å². The van der Waals surface area contributed by atoms with Crippen molar-refractivity contribution < 1.29 is 9.53 Å². The van der Waals surface area contributed by atoms with Gasteiger partial charge in [-0.05, 0) is 37.5 Å². The second kappa shape index (κ2) is 7.70. The van der Waals surface area contributed by atoms with Crippen molar-refractivity contribution in [1.29, 1.82) is 0 Å². The molecule has 1 unspecified atom stereocenters. The number of hydrogen-bond acceptors (Lipinski definition) is 4. The molecule has 2 heterocycles. The van der Waals surface area contributed by atoms with Crippen LogP contribution >= 0.6 is 0 Å². The summed E-state index contributed by atoms with van der Waals surface area (Å²) in [4.78, 5) is 12.0. The molecule has 0 aliphatic carbocycles. The van der Waals surface area contributed by atoms with Crippen LogP contribution in [-0.4, -0.2) is 51.4 Å². The second-order valence-corrected chi connectivity index (χ2v) is 6.61. The molecule has 2 aromatic rings. The third-order valence-electron chi connectivity index (χ3n) is 4.49. The van der Waals surface area contributed by atoms with Crippen molar-refractivity contribution in [2.24, 2.45) is 7.05 Å². The predicted octanol–water partition coefficient (Wildman–Crippen LogP) is 2.71. The minimum atomic E-state index is -0.00218. The lowest BCUT2D eigenvalue weighted by Gasteiger charge is -2.35. The van der Waals surface area contributed by atoms with Crippen molar-refractivity contribution in [2.75, 3.05) is 19.7 Å². The SMILES string of the molecule is CC(=O)N(C(C)COc1cccc(-c2cnn(C)c2)c1)N1CCCC1. The van der Waals surface area contributed by atoms with E-state index < -0.39 is 0 Å². The van der Waals surface area contributed by atoms with Gasteiger partial charge in [-0.1, -0.05) is 12.1 Å². The molecule has 1 aromatic heterocycles. The number of ether oxygens (including phenoxy) is 1. The van der Waals surface area contributed by atoms with Crippen molar-refractivity contribution in [3.63, 3.8) is 0 Å². The molecule has 1 aliphatic rings. The molecular formula is C19H26N4O2. The van der Waals surface area contributed by atoms with Crippen LogP contribution in [0.15, 0.2) is 36.7 Å². The molecule has 1 saturated heterocycles. The van der Waals surface area contributed by atoms with Gasteiger partial charge in [-0.25, -0.2) is 5.01 Å². The van der Waals surface area contributed by atoms with Crippen molar-refractivity contribution in [2.45, 2.75) is 32.7 Å². The third kappa shape index (κ3) is 4.20. The number of aromatic nitrogens is 2. The van der Waals surface area contributed by atoms with Gasteiger partial charge in [-0.15, -0.1) is 0 Å². The summed E-state index contributed by atoms with van der Waals surface area (Å²) in [7, 11) is 1.90. The van der Waals surface area contributed by atoms with Crippen LogP contribution in [0.4, 0.5) is 0 Å². The van der Waals surface area contributed by atoms with Gasteiger partial charge < -0.3 is 4.74 Å². The van der Waals surface area contributed by atoms with E-state index in [1.54, 1.807) is 11.6 Å². The number of aryl methyl sites for hydroxylation is 1. The fraction of sp³-hybridized carbons (Fsp3) is 0.474. The summed E-state index contributed by atoms with van der Waals surface area (Å²) in [5.74, 6) is 0.875. The highest BCUT2D eigenvalue weighted by molar-refractivity contribution is 5.73. The number of hydrazine groups is 1. The molecule has 1 fully saturated rings. The van der Waals surface area contributed by atoms with E-state index in [4.69, 9.17) is 4.74 Å². The van der Waals surface area contributed by atoms with Gasteiger partial charge in [0.05, 0.1) is 12.2 Å². The molecule has 0 bridgehead atoms. The van der Waals surface area contributed by atoms with Gasteiger partial charge in [-0.3, -0.25) is 14.5 Å². The Labute approximate surface area is 149 Å². The molecule has 1 amide bonds. The van der Waals surface area contributed by atoms with E-state index in [0.29, 0.717) is 6.61 Å². The lowest BCUT2D eigenvalue weighted by molar-refractivity contribution is -0.151. The zero-order valence-corrected chi connectivity index (χ0v) is 15.2. The number of rotatable bonds is 6. The fourth-order valence-electron chi connectivity index (χ4n) is 3.33. The Morgan fingerprint density at radius 3 is 2.72 bits per heavy atom. The van der Waals surface area contributed by atoms with Crippen molar-refractivity contribution in [1.82, 2.24) is 19.8 Å². The van der Waals surface area contributed by atoms with E-state index in [1.807, 2.05) is 55.6 Å². The molecule has 3 rings (SSSR count). The Morgan fingerprint density at radius 2 is 2.08 bits per heavy atom. The molecule has 1 aromatic carbocycles. The van der Waals surface area contributed by atoms with Crippen LogP contribution in [-0.2, 0) is 11.8 Å². The number of hydrogen-bond donors (Lipinski definition) is 0. The largest absolute Gasteiger partial charge is 0.491 e. The van der Waals surface area contributed by atoms with E-state index in [-0.39, 0.29) is 11.9 Å². The fourth-order valence-corrected chi connectivity index (χ4v) is 3.33. The summed E-state index contributed by atoms with van der Waals surface area (Å²) < 4.78 is 7.76. The lowest BCUT2D eigenvalue weighted by Crippen LogP contribution is -2.51. The standard InChI is InChI=1S/C19H26N4O2/c1-15(23(16(2)24)22-9-4-5-10-22)14-25-19-8-6-7-17(11-19)18-12-20-21(3)13-18/h6-8,11-13,15H,4-5,9-10,14H2,1-3H3. The Balaban J connectivity index is 1.65. The van der Waals surface area contributed by atoms with Crippen LogP contribution in [0.25, 0.3) is 11.1 Å². The first-order valence-electron chi connectivity index (χ1n) is 8.81. The van der Waals surface area contributed by atoms with Crippen molar-refractivity contribution in [3.05, 3.63) is 36.7 Å². The Kier molecular flexibility index (Phi) is 5.38. The average molecular weight is 342 g/mol. The van der Waals surface area contributed by atoms with Gasteiger partial charge in [0.1, 0.15) is 12.4 Å². The first kappa shape index (κ1) is 17.5. The first-order chi connectivity index (χ1) is 12.0. The summed E-state index contributed by atoms with van der Waals surface area (Å²) >= 11 is 0. The van der Waals surface area contributed by atoms with Gasteiger partial charge in [0.25, 0.3) is 0 Å². The van der Waals surface area contributed by atoms with E-state index in [1.165, 1.54) is 0 Å². The van der Waals surface area contributed by atoms with Gasteiger partial charge in [-0.2, -0.15) is 5.10 Å². The topological polar surface area (TPSA) is 50.6 Å². The zero-order chi connectivity index (χ0) is 17.8. The van der Waals surface area contributed by atoms with Crippen molar-refractivity contribution >= 4 is 5.91 Å². The van der Waals surface area contributed by atoms with Crippen LogP contribution in [0, 0.1) is 0 Å². The second-order valence-electron chi connectivity index (χ2n) is 6.61. The van der Waals surface area contributed by atoms with Crippen molar-refractivity contribution in [3.8, 4) is 16.9 Å². The number of nitrogens with zero attached hydrogens (tertiary/aromatic N) is 4. The third-order valence-corrected chi connectivity index (χ3v) is 4.49. The minimum Gasteiger partial charge on any atom is -0.491 e. The van der Waals surface area contributed by atoms with Gasteiger partial charge in [0, 0.05) is 38.8 Å². The monoisotopic (exact) mass is 342 g/mol. The molecule has 134 valence electrons. The Morgan fingerprint density at radius 1 is 1.32 bits per heavy atom.